The van der Waals surface area contributed by atoms with E-state index in [2.05, 4.69) is 19.2 Å². The zero-order chi connectivity index (χ0) is 12.9. The molecule has 0 aromatic rings. The van der Waals surface area contributed by atoms with Gasteiger partial charge in [-0.3, -0.25) is 4.79 Å². The third kappa shape index (κ3) is 4.30. The Morgan fingerprint density at radius 3 is 2.35 bits per heavy atom. The fourth-order valence-electron chi connectivity index (χ4n) is 2.70. The second-order valence-corrected chi connectivity index (χ2v) is 5.77. The Hall–Kier alpha value is -0.570. The summed E-state index contributed by atoms with van der Waals surface area (Å²) in [5.74, 6) is 0.891. The number of nitrogens with two attached hydrogens (primary N) is 1. The number of hydrogen-bond donors (Lipinski definition) is 2. The van der Waals surface area contributed by atoms with Gasteiger partial charge in [0.2, 0.25) is 5.91 Å². The molecule has 1 unspecified atom stereocenters. The molecule has 0 spiro atoms. The second-order valence-electron chi connectivity index (χ2n) is 5.77. The van der Waals surface area contributed by atoms with Gasteiger partial charge < -0.3 is 11.1 Å². The predicted octanol–water partition coefficient (Wildman–Crippen LogP) is 2.59. The lowest BCUT2D eigenvalue weighted by atomic mass is 9.84. The summed E-state index contributed by atoms with van der Waals surface area (Å²) in [6, 6.07) is 0.352. The van der Waals surface area contributed by atoms with E-state index in [4.69, 9.17) is 5.73 Å². The van der Waals surface area contributed by atoms with Gasteiger partial charge >= 0.3 is 0 Å². The molecule has 0 heterocycles. The molecule has 1 aliphatic carbocycles. The fourth-order valence-corrected chi connectivity index (χ4v) is 2.70. The normalized spacial score (nSPS) is 28.5. The van der Waals surface area contributed by atoms with Crippen molar-refractivity contribution in [3.63, 3.8) is 0 Å². The first-order valence-electron chi connectivity index (χ1n) is 7.09. The number of amides is 1. The van der Waals surface area contributed by atoms with Crippen LogP contribution in [0, 0.1) is 5.92 Å². The highest BCUT2D eigenvalue weighted by molar-refractivity contribution is 5.85. The van der Waals surface area contributed by atoms with E-state index in [9.17, 15) is 4.79 Å². The van der Waals surface area contributed by atoms with Gasteiger partial charge in [0, 0.05) is 6.04 Å². The quantitative estimate of drug-likeness (QED) is 0.776. The molecule has 1 aliphatic rings. The minimum absolute atomic E-state index is 0.0271. The van der Waals surface area contributed by atoms with Gasteiger partial charge in [-0.1, -0.05) is 26.7 Å². The molecule has 1 fully saturated rings. The van der Waals surface area contributed by atoms with Crippen molar-refractivity contribution < 1.29 is 4.79 Å². The number of hydrogen-bond acceptors (Lipinski definition) is 2. The van der Waals surface area contributed by atoms with Gasteiger partial charge in [0.05, 0.1) is 5.54 Å². The SMILES string of the molecule is CCCC(C)(N)C(=O)NC1CCC(CC)CC1. The Morgan fingerprint density at radius 1 is 1.29 bits per heavy atom. The van der Waals surface area contributed by atoms with Crippen LogP contribution in [0.15, 0.2) is 0 Å². The van der Waals surface area contributed by atoms with Crippen LogP contribution in [0.25, 0.3) is 0 Å². The lowest BCUT2D eigenvalue weighted by Gasteiger charge is -2.31. The van der Waals surface area contributed by atoms with Crippen LogP contribution in [-0.2, 0) is 4.79 Å². The molecule has 0 bridgehead atoms. The molecule has 100 valence electrons. The Kier molecular flexibility index (Phi) is 5.44. The van der Waals surface area contributed by atoms with Crippen LogP contribution in [0.4, 0.5) is 0 Å². The molecule has 1 saturated carbocycles. The van der Waals surface area contributed by atoms with Gasteiger partial charge in [0.1, 0.15) is 0 Å². The molecule has 0 aliphatic heterocycles. The van der Waals surface area contributed by atoms with Crippen LogP contribution in [0.5, 0.6) is 0 Å². The molecule has 0 radical (unpaired) electrons. The topological polar surface area (TPSA) is 55.1 Å². The van der Waals surface area contributed by atoms with E-state index in [0.717, 1.165) is 31.6 Å². The third-order valence-electron chi connectivity index (χ3n) is 4.05. The summed E-state index contributed by atoms with van der Waals surface area (Å²) in [7, 11) is 0. The average Bonchev–Trinajstić information content (AvgIpc) is 2.30. The molecule has 17 heavy (non-hydrogen) atoms. The minimum atomic E-state index is -0.698. The van der Waals surface area contributed by atoms with Gasteiger partial charge in [-0.05, 0) is 44.9 Å². The Balaban J connectivity index is 2.37. The van der Waals surface area contributed by atoms with Crippen molar-refractivity contribution in [3.8, 4) is 0 Å². The molecule has 3 N–H and O–H groups in total. The number of rotatable bonds is 5. The number of carbonyl (C=O) groups excluding carboxylic acids is 1. The van der Waals surface area contributed by atoms with Gasteiger partial charge in [0.15, 0.2) is 0 Å². The summed E-state index contributed by atoms with van der Waals surface area (Å²) < 4.78 is 0. The molecular formula is C14H28N2O. The molecule has 1 rings (SSSR count). The second kappa shape index (κ2) is 6.39. The number of nitrogens with one attached hydrogen (secondary N) is 1. The van der Waals surface area contributed by atoms with Gasteiger partial charge in [-0.25, -0.2) is 0 Å². The predicted molar refractivity (Wildman–Crippen MR) is 71.7 cm³/mol. The first kappa shape index (κ1) is 14.5. The van der Waals surface area contributed by atoms with E-state index >= 15 is 0 Å². The van der Waals surface area contributed by atoms with Crippen LogP contribution in [-0.4, -0.2) is 17.5 Å². The Morgan fingerprint density at radius 2 is 1.88 bits per heavy atom. The summed E-state index contributed by atoms with van der Waals surface area (Å²) >= 11 is 0. The van der Waals surface area contributed by atoms with Crippen molar-refractivity contribution in [3.05, 3.63) is 0 Å². The first-order chi connectivity index (χ1) is 7.99. The molecule has 1 atom stereocenters. The van der Waals surface area contributed by atoms with Gasteiger partial charge in [0.25, 0.3) is 0 Å². The fraction of sp³-hybridized carbons (Fsp3) is 0.929. The summed E-state index contributed by atoms with van der Waals surface area (Å²) in [5, 5.41) is 3.12. The van der Waals surface area contributed by atoms with Crippen LogP contribution < -0.4 is 11.1 Å². The highest BCUT2D eigenvalue weighted by Crippen LogP contribution is 2.26. The molecule has 1 amide bonds. The van der Waals surface area contributed by atoms with E-state index in [-0.39, 0.29) is 5.91 Å². The standard InChI is InChI=1S/C14H28N2O/c1-4-10-14(3,15)13(17)16-12-8-6-11(5-2)7-9-12/h11-12H,4-10,15H2,1-3H3,(H,16,17). The van der Waals surface area contributed by atoms with E-state index < -0.39 is 5.54 Å². The molecule has 0 saturated heterocycles. The summed E-state index contributed by atoms with van der Waals surface area (Å²) in [6.45, 7) is 6.15. The van der Waals surface area contributed by atoms with Crippen molar-refractivity contribution in [2.24, 2.45) is 11.7 Å². The third-order valence-corrected chi connectivity index (χ3v) is 4.05. The van der Waals surface area contributed by atoms with Crippen molar-refractivity contribution in [2.45, 2.75) is 77.3 Å². The number of carbonyl (C=O) groups is 1. The van der Waals surface area contributed by atoms with Crippen LogP contribution in [0.3, 0.4) is 0 Å². The molecule has 0 aromatic carbocycles. The van der Waals surface area contributed by atoms with Crippen LogP contribution >= 0.6 is 0 Å². The maximum atomic E-state index is 12.0. The van der Waals surface area contributed by atoms with Crippen molar-refractivity contribution in [1.29, 1.82) is 0 Å². The zero-order valence-electron chi connectivity index (χ0n) is 11.6. The summed E-state index contributed by atoms with van der Waals surface area (Å²) in [6.07, 6.45) is 7.70. The van der Waals surface area contributed by atoms with Gasteiger partial charge in [-0.2, -0.15) is 0 Å². The molecule has 3 heteroatoms. The monoisotopic (exact) mass is 240 g/mol. The maximum absolute atomic E-state index is 12.0. The maximum Gasteiger partial charge on any atom is 0.240 e. The van der Waals surface area contributed by atoms with Crippen LogP contribution in [0.1, 0.15) is 65.7 Å². The first-order valence-corrected chi connectivity index (χ1v) is 7.09. The Labute approximate surface area is 106 Å². The average molecular weight is 240 g/mol. The van der Waals surface area contributed by atoms with Crippen molar-refractivity contribution in [1.82, 2.24) is 5.32 Å². The Bertz CT molecular complexity index is 243. The smallest absolute Gasteiger partial charge is 0.240 e. The molecule has 0 aromatic heterocycles. The van der Waals surface area contributed by atoms with E-state index in [0.29, 0.717) is 6.04 Å². The lowest BCUT2D eigenvalue weighted by Crippen LogP contribution is -2.54. The van der Waals surface area contributed by atoms with Crippen molar-refractivity contribution in [2.75, 3.05) is 0 Å². The minimum Gasteiger partial charge on any atom is -0.352 e. The summed E-state index contributed by atoms with van der Waals surface area (Å²) in [4.78, 5) is 12.0. The van der Waals surface area contributed by atoms with Crippen molar-refractivity contribution >= 4 is 5.91 Å². The zero-order valence-corrected chi connectivity index (χ0v) is 11.6. The molecular weight excluding hydrogens is 212 g/mol. The largest absolute Gasteiger partial charge is 0.352 e. The molecule has 3 nitrogen and oxygen atoms in total. The summed E-state index contributed by atoms with van der Waals surface area (Å²) in [5.41, 5.74) is 5.33. The van der Waals surface area contributed by atoms with Gasteiger partial charge in [-0.15, -0.1) is 0 Å². The highest BCUT2D eigenvalue weighted by Gasteiger charge is 2.30. The van der Waals surface area contributed by atoms with E-state index in [1.54, 1.807) is 0 Å². The van der Waals surface area contributed by atoms with E-state index in [1.165, 1.54) is 19.3 Å². The van der Waals surface area contributed by atoms with Crippen LogP contribution in [0.2, 0.25) is 0 Å². The lowest BCUT2D eigenvalue weighted by molar-refractivity contribution is -0.127. The highest BCUT2D eigenvalue weighted by atomic mass is 16.2. The van der Waals surface area contributed by atoms with E-state index in [1.807, 2.05) is 6.92 Å².